The van der Waals surface area contributed by atoms with Crippen LogP contribution in [0.4, 0.5) is 9.52 Å². The highest BCUT2D eigenvalue weighted by Crippen LogP contribution is 2.46. The summed E-state index contributed by atoms with van der Waals surface area (Å²) in [6.45, 7) is 5.02. The van der Waals surface area contributed by atoms with Crippen LogP contribution in [0.2, 0.25) is 0 Å². The van der Waals surface area contributed by atoms with Gasteiger partial charge in [-0.25, -0.2) is 4.39 Å². The van der Waals surface area contributed by atoms with Crippen LogP contribution in [-0.2, 0) is 21.9 Å². The Morgan fingerprint density at radius 3 is 2.44 bits per heavy atom. The number of hydrogen-bond donors (Lipinski definition) is 1. The molecule has 268 valence electrons. The number of nitrogens with zero attached hydrogens (tertiary/aromatic N) is 3. The molecule has 52 heavy (non-hydrogen) atoms. The van der Waals surface area contributed by atoms with Gasteiger partial charge in [0.1, 0.15) is 23.9 Å². The summed E-state index contributed by atoms with van der Waals surface area (Å²) in [6.07, 6.45) is 2.97. The van der Waals surface area contributed by atoms with E-state index in [9.17, 15) is 19.1 Å². The standard InChI is InChI=1S/C40H38FN3O6S2/c1-4-5-8-21-49-32-20-15-28(22-33(32)48-3)35-34(36(45)27-13-18-31(19-14-27)50-23-29-10-7-6-9-25(29)2)37(46)38(47)44(35)39-42-43-40(52-39)51-24-26-11-16-30(41)17-12-26/h6-7,9-20,22,35,45H,4-5,8,21,23-24H2,1-3H3. The zero-order chi connectivity index (χ0) is 36.6. The average molecular weight is 740 g/mol. The van der Waals surface area contributed by atoms with Crippen LogP contribution in [0.5, 0.6) is 17.2 Å². The van der Waals surface area contributed by atoms with Crippen molar-refractivity contribution in [1.82, 2.24) is 10.2 Å². The first-order chi connectivity index (χ1) is 25.3. The van der Waals surface area contributed by atoms with E-state index in [1.54, 1.807) is 54.6 Å². The number of halogens is 1. The van der Waals surface area contributed by atoms with Crippen molar-refractivity contribution in [2.24, 2.45) is 0 Å². The maximum absolute atomic E-state index is 13.8. The summed E-state index contributed by atoms with van der Waals surface area (Å²) in [5, 5.41) is 20.5. The molecule has 1 amide bonds. The Kier molecular flexibility index (Phi) is 11.9. The summed E-state index contributed by atoms with van der Waals surface area (Å²) in [4.78, 5) is 28.9. The number of ketones is 1. The lowest BCUT2D eigenvalue weighted by molar-refractivity contribution is -0.132. The molecule has 0 spiro atoms. The van der Waals surface area contributed by atoms with Gasteiger partial charge in [-0.2, -0.15) is 0 Å². The number of aliphatic hydroxyl groups is 1. The van der Waals surface area contributed by atoms with Gasteiger partial charge in [0.05, 0.1) is 25.3 Å². The second-order valence-corrected chi connectivity index (χ2v) is 14.3. The molecular formula is C40H38FN3O6S2. The van der Waals surface area contributed by atoms with Gasteiger partial charge in [0, 0.05) is 11.3 Å². The van der Waals surface area contributed by atoms with Crippen molar-refractivity contribution >= 4 is 45.7 Å². The van der Waals surface area contributed by atoms with Crippen LogP contribution in [-0.4, -0.2) is 40.7 Å². The van der Waals surface area contributed by atoms with Gasteiger partial charge in [0.2, 0.25) is 5.13 Å². The number of Topliss-reactive ketones (excluding diaryl/α,β-unsaturated/α-hetero) is 1. The Bertz CT molecular complexity index is 2070. The number of thioether (sulfide) groups is 1. The van der Waals surface area contributed by atoms with Crippen molar-refractivity contribution in [2.45, 2.75) is 55.9 Å². The Balaban J connectivity index is 1.33. The molecule has 1 fully saturated rings. The minimum absolute atomic E-state index is 0.104. The average Bonchev–Trinajstić information content (AvgIpc) is 3.74. The van der Waals surface area contributed by atoms with Crippen molar-refractivity contribution < 1.29 is 33.3 Å². The van der Waals surface area contributed by atoms with Gasteiger partial charge >= 0.3 is 5.91 Å². The molecule has 1 aliphatic heterocycles. The number of methoxy groups -OCH3 is 1. The van der Waals surface area contributed by atoms with E-state index in [1.165, 1.54) is 35.9 Å². The van der Waals surface area contributed by atoms with Crippen LogP contribution in [0.1, 0.15) is 60.0 Å². The van der Waals surface area contributed by atoms with Crippen LogP contribution in [0, 0.1) is 12.7 Å². The Labute approximate surface area is 310 Å². The number of carbonyl (C=O) groups is 2. The fourth-order valence-corrected chi connectivity index (χ4v) is 7.56. The SMILES string of the molecule is CCCCCOc1ccc(C2C(=C(O)c3ccc(OCc4ccccc4C)cc3)C(=O)C(=O)N2c2nnc(SCc3ccc(F)cc3)s2)cc1OC. The molecular weight excluding hydrogens is 702 g/mol. The van der Waals surface area contributed by atoms with Crippen molar-refractivity contribution in [3.05, 3.63) is 130 Å². The second kappa shape index (κ2) is 16.9. The normalized spacial score (nSPS) is 15.2. The molecule has 1 aliphatic rings. The topological polar surface area (TPSA) is 111 Å². The van der Waals surface area contributed by atoms with E-state index < -0.39 is 17.7 Å². The van der Waals surface area contributed by atoms with Crippen molar-refractivity contribution in [3.8, 4) is 17.2 Å². The Hall–Kier alpha value is -5.20. The fourth-order valence-electron chi connectivity index (χ4n) is 5.73. The maximum atomic E-state index is 13.8. The number of amides is 1. The largest absolute Gasteiger partial charge is 0.507 e. The molecule has 0 radical (unpaired) electrons. The van der Waals surface area contributed by atoms with Crippen molar-refractivity contribution in [1.29, 1.82) is 0 Å². The molecule has 1 saturated heterocycles. The Morgan fingerprint density at radius 1 is 0.942 bits per heavy atom. The summed E-state index contributed by atoms with van der Waals surface area (Å²) in [6, 6.07) is 25.0. The van der Waals surface area contributed by atoms with E-state index in [-0.39, 0.29) is 22.3 Å². The number of carbonyl (C=O) groups excluding carboxylic acids is 2. The zero-order valence-corrected chi connectivity index (χ0v) is 30.6. The van der Waals surface area contributed by atoms with E-state index in [4.69, 9.17) is 14.2 Å². The number of benzene rings is 4. The molecule has 0 bridgehead atoms. The third kappa shape index (κ3) is 8.29. The second-order valence-electron chi connectivity index (χ2n) is 12.1. The molecule has 6 rings (SSSR count). The number of aromatic nitrogens is 2. The first-order valence-electron chi connectivity index (χ1n) is 16.9. The van der Waals surface area contributed by atoms with Gasteiger partial charge < -0.3 is 19.3 Å². The quantitative estimate of drug-likeness (QED) is 0.0281. The predicted molar refractivity (Wildman–Crippen MR) is 201 cm³/mol. The first-order valence-corrected chi connectivity index (χ1v) is 18.7. The number of rotatable bonds is 15. The van der Waals surface area contributed by atoms with Crippen LogP contribution in [0.25, 0.3) is 5.76 Å². The molecule has 4 aromatic carbocycles. The van der Waals surface area contributed by atoms with Gasteiger partial charge in [-0.05, 0) is 84.1 Å². The highest BCUT2D eigenvalue weighted by atomic mass is 32.2. The number of ether oxygens (including phenoxy) is 3. The molecule has 5 aromatic rings. The summed E-state index contributed by atoms with van der Waals surface area (Å²) in [7, 11) is 1.52. The van der Waals surface area contributed by atoms with Crippen molar-refractivity contribution in [3.63, 3.8) is 0 Å². The lowest BCUT2D eigenvalue weighted by Gasteiger charge is -2.23. The summed E-state index contributed by atoms with van der Waals surface area (Å²) < 4.78 is 31.6. The van der Waals surface area contributed by atoms with Crippen LogP contribution in [0.3, 0.4) is 0 Å². The first kappa shape index (κ1) is 36.6. The molecule has 2 heterocycles. The molecule has 9 nitrogen and oxygen atoms in total. The molecule has 1 aromatic heterocycles. The minimum Gasteiger partial charge on any atom is -0.507 e. The fraction of sp³-hybridized carbons (Fsp3) is 0.250. The lowest BCUT2D eigenvalue weighted by Crippen LogP contribution is -2.29. The third-order valence-corrected chi connectivity index (χ3v) is 10.7. The van der Waals surface area contributed by atoms with E-state index in [0.29, 0.717) is 51.7 Å². The highest BCUT2D eigenvalue weighted by molar-refractivity contribution is 8.00. The molecule has 1 N–H and O–H groups in total. The molecule has 0 saturated carbocycles. The summed E-state index contributed by atoms with van der Waals surface area (Å²) in [5.41, 5.74) is 3.79. The highest BCUT2D eigenvalue weighted by Gasteiger charge is 2.48. The van der Waals surface area contributed by atoms with Gasteiger partial charge in [0.15, 0.2) is 15.8 Å². The number of unbranched alkanes of at least 4 members (excludes halogenated alkanes) is 2. The smallest absolute Gasteiger partial charge is 0.301 e. The minimum atomic E-state index is -1.05. The number of aliphatic hydroxyl groups excluding tert-OH is 1. The molecule has 0 aliphatic carbocycles. The van der Waals surface area contributed by atoms with Gasteiger partial charge in [-0.3, -0.25) is 14.5 Å². The van der Waals surface area contributed by atoms with E-state index in [1.807, 2.05) is 31.2 Å². The lowest BCUT2D eigenvalue weighted by atomic mass is 9.95. The monoisotopic (exact) mass is 739 g/mol. The molecule has 1 unspecified atom stereocenters. The number of aryl methyl sites for hydroxylation is 1. The van der Waals surface area contributed by atoms with E-state index in [0.717, 1.165) is 47.3 Å². The van der Waals surface area contributed by atoms with Crippen LogP contribution < -0.4 is 19.1 Å². The Morgan fingerprint density at radius 2 is 1.71 bits per heavy atom. The summed E-state index contributed by atoms with van der Waals surface area (Å²) in [5.74, 6) is -0.359. The molecule has 1 atom stereocenters. The van der Waals surface area contributed by atoms with Gasteiger partial charge in [0.25, 0.3) is 5.78 Å². The van der Waals surface area contributed by atoms with Crippen LogP contribution in [0.15, 0.2) is 101 Å². The maximum Gasteiger partial charge on any atom is 0.301 e. The van der Waals surface area contributed by atoms with E-state index >= 15 is 0 Å². The van der Waals surface area contributed by atoms with Crippen molar-refractivity contribution in [2.75, 3.05) is 18.6 Å². The van der Waals surface area contributed by atoms with E-state index in [2.05, 4.69) is 17.1 Å². The van der Waals surface area contributed by atoms with Crippen LogP contribution >= 0.6 is 23.1 Å². The predicted octanol–water partition coefficient (Wildman–Crippen LogP) is 9.06. The summed E-state index contributed by atoms with van der Waals surface area (Å²) >= 11 is 2.52. The van der Waals surface area contributed by atoms with Gasteiger partial charge in [-0.1, -0.05) is 85.3 Å². The van der Waals surface area contributed by atoms with Gasteiger partial charge in [-0.15, -0.1) is 10.2 Å². The number of hydrogen-bond acceptors (Lipinski definition) is 10. The third-order valence-electron chi connectivity index (χ3n) is 8.61. The molecule has 12 heteroatoms. The number of anilines is 1. The zero-order valence-electron chi connectivity index (χ0n) is 29.0.